The van der Waals surface area contributed by atoms with Crippen molar-refractivity contribution in [3.8, 4) is 5.75 Å². The molecule has 2 aromatic rings. The highest BCUT2D eigenvalue weighted by Gasteiger charge is 2.33. The van der Waals surface area contributed by atoms with Crippen molar-refractivity contribution < 1.29 is 17.9 Å². The van der Waals surface area contributed by atoms with E-state index in [4.69, 9.17) is 4.74 Å². The SMILES string of the molecule is COc1ccc([C@H](CNC(=O)C2CC2)S(=O)(=O)c2cccs2)cc1. The number of rotatable bonds is 7. The van der Waals surface area contributed by atoms with Gasteiger partial charge in [-0.2, -0.15) is 0 Å². The van der Waals surface area contributed by atoms with Crippen molar-refractivity contribution >= 4 is 27.1 Å². The van der Waals surface area contributed by atoms with Gasteiger partial charge in [0.25, 0.3) is 0 Å². The van der Waals surface area contributed by atoms with Gasteiger partial charge in [0.2, 0.25) is 5.91 Å². The van der Waals surface area contributed by atoms with E-state index in [0.29, 0.717) is 15.5 Å². The summed E-state index contributed by atoms with van der Waals surface area (Å²) in [5.74, 6) is 0.647. The minimum absolute atomic E-state index is 0.0472. The van der Waals surface area contributed by atoms with Gasteiger partial charge in [-0.3, -0.25) is 4.79 Å². The van der Waals surface area contributed by atoms with Crippen LogP contribution in [0.25, 0.3) is 0 Å². The van der Waals surface area contributed by atoms with Gasteiger partial charge in [-0.1, -0.05) is 18.2 Å². The molecule has 0 spiro atoms. The van der Waals surface area contributed by atoms with Crippen molar-refractivity contribution in [2.75, 3.05) is 13.7 Å². The van der Waals surface area contributed by atoms with Crippen LogP contribution in [0, 0.1) is 5.92 Å². The molecule has 1 aromatic carbocycles. The van der Waals surface area contributed by atoms with E-state index in [2.05, 4.69) is 5.32 Å². The normalized spacial score (nSPS) is 15.7. The highest BCUT2D eigenvalue weighted by molar-refractivity contribution is 7.93. The summed E-state index contributed by atoms with van der Waals surface area (Å²) in [7, 11) is -2.01. The number of nitrogens with one attached hydrogen (secondary N) is 1. The zero-order valence-electron chi connectivity index (χ0n) is 13.3. The Kier molecular flexibility index (Phi) is 4.91. The largest absolute Gasteiger partial charge is 0.497 e. The topological polar surface area (TPSA) is 72.5 Å². The molecular formula is C17H19NO4S2. The van der Waals surface area contributed by atoms with Crippen LogP contribution in [-0.2, 0) is 14.6 Å². The Morgan fingerprint density at radius 1 is 1.29 bits per heavy atom. The highest BCUT2D eigenvalue weighted by Crippen LogP contribution is 2.33. The molecule has 1 N–H and O–H groups in total. The molecule has 1 saturated carbocycles. The summed E-state index contributed by atoms with van der Waals surface area (Å²) in [6, 6.07) is 10.2. The second-order valence-electron chi connectivity index (χ2n) is 5.76. The summed E-state index contributed by atoms with van der Waals surface area (Å²) in [5, 5.41) is 3.72. The van der Waals surface area contributed by atoms with Crippen molar-refractivity contribution in [3.05, 3.63) is 47.3 Å². The van der Waals surface area contributed by atoms with Crippen molar-refractivity contribution in [1.29, 1.82) is 0 Å². The number of carbonyl (C=O) groups excluding carboxylic acids is 1. The number of carbonyl (C=O) groups is 1. The van der Waals surface area contributed by atoms with E-state index in [-0.39, 0.29) is 18.4 Å². The first-order valence-electron chi connectivity index (χ1n) is 7.71. The molecule has 1 atom stereocenters. The van der Waals surface area contributed by atoms with Crippen molar-refractivity contribution in [2.24, 2.45) is 5.92 Å². The summed E-state index contributed by atoms with van der Waals surface area (Å²) in [6.45, 7) is 0.0713. The van der Waals surface area contributed by atoms with E-state index >= 15 is 0 Å². The first kappa shape index (κ1) is 17.0. The Balaban J connectivity index is 1.88. The number of methoxy groups -OCH3 is 1. The second kappa shape index (κ2) is 6.94. The molecule has 0 radical (unpaired) electrons. The number of benzene rings is 1. The first-order valence-corrected chi connectivity index (χ1v) is 10.1. The maximum atomic E-state index is 13.0. The number of amides is 1. The summed E-state index contributed by atoms with van der Waals surface area (Å²) in [5.41, 5.74) is 0.639. The van der Waals surface area contributed by atoms with Gasteiger partial charge in [0, 0.05) is 12.5 Å². The van der Waals surface area contributed by atoms with Crippen molar-refractivity contribution in [1.82, 2.24) is 5.32 Å². The van der Waals surface area contributed by atoms with Crippen LogP contribution in [0.3, 0.4) is 0 Å². The first-order chi connectivity index (χ1) is 11.5. The molecule has 1 aliphatic rings. The lowest BCUT2D eigenvalue weighted by atomic mass is 10.1. The third-order valence-electron chi connectivity index (χ3n) is 4.05. The number of hydrogen-bond donors (Lipinski definition) is 1. The minimum atomic E-state index is -3.57. The number of ether oxygens (including phenoxy) is 1. The van der Waals surface area contributed by atoms with Crippen LogP contribution in [0.1, 0.15) is 23.7 Å². The summed E-state index contributed by atoms with van der Waals surface area (Å²) in [6.07, 6.45) is 1.77. The number of thiophene rings is 1. The van der Waals surface area contributed by atoms with Gasteiger partial charge in [-0.25, -0.2) is 8.42 Å². The zero-order valence-corrected chi connectivity index (χ0v) is 14.9. The lowest BCUT2D eigenvalue weighted by Gasteiger charge is -2.18. The van der Waals surface area contributed by atoms with Crippen LogP contribution in [0.2, 0.25) is 0 Å². The van der Waals surface area contributed by atoms with E-state index in [1.165, 1.54) is 11.3 Å². The molecule has 128 valence electrons. The van der Waals surface area contributed by atoms with Crippen LogP contribution in [0.4, 0.5) is 0 Å². The predicted octanol–water partition coefficient (Wildman–Crippen LogP) is 2.80. The van der Waals surface area contributed by atoms with Crippen molar-refractivity contribution in [3.63, 3.8) is 0 Å². The molecule has 7 heteroatoms. The average molecular weight is 365 g/mol. The van der Waals surface area contributed by atoms with Crippen LogP contribution < -0.4 is 10.1 Å². The third kappa shape index (κ3) is 3.62. The van der Waals surface area contributed by atoms with Gasteiger partial charge in [0.1, 0.15) is 15.2 Å². The molecule has 1 aromatic heterocycles. The molecule has 3 rings (SSSR count). The molecule has 1 heterocycles. The van der Waals surface area contributed by atoms with E-state index in [0.717, 1.165) is 12.8 Å². The summed E-state index contributed by atoms with van der Waals surface area (Å²) >= 11 is 1.19. The molecule has 1 fully saturated rings. The highest BCUT2D eigenvalue weighted by atomic mass is 32.2. The molecule has 0 saturated heterocycles. The standard InChI is InChI=1S/C17H19NO4S2/c1-22-14-8-6-12(7-9-14)15(11-18-17(19)13-4-5-13)24(20,21)16-3-2-10-23-16/h2-3,6-10,13,15H,4-5,11H2,1H3,(H,18,19)/t15-/m0/s1. The smallest absolute Gasteiger partial charge is 0.223 e. The van der Waals surface area contributed by atoms with E-state index < -0.39 is 15.1 Å². The van der Waals surface area contributed by atoms with E-state index in [9.17, 15) is 13.2 Å². The van der Waals surface area contributed by atoms with Crippen LogP contribution in [0.15, 0.2) is 46.0 Å². The van der Waals surface area contributed by atoms with Crippen LogP contribution >= 0.6 is 11.3 Å². The van der Waals surface area contributed by atoms with Gasteiger partial charge in [-0.05, 0) is 42.0 Å². The third-order valence-corrected chi connectivity index (χ3v) is 7.58. The number of hydrogen-bond acceptors (Lipinski definition) is 5. The Hall–Kier alpha value is -1.86. The molecule has 1 amide bonds. The molecule has 0 unspecified atom stereocenters. The quantitative estimate of drug-likeness (QED) is 0.819. The van der Waals surface area contributed by atoms with Crippen LogP contribution in [0.5, 0.6) is 5.75 Å². The molecular weight excluding hydrogens is 346 g/mol. The molecule has 0 aliphatic heterocycles. The Morgan fingerprint density at radius 3 is 2.54 bits per heavy atom. The molecule has 5 nitrogen and oxygen atoms in total. The Labute approximate surface area is 145 Å². The number of sulfone groups is 1. The average Bonchev–Trinajstić information content (AvgIpc) is 3.28. The molecule has 24 heavy (non-hydrogen) atoms. The summed E-state index contributed by atoms with van der Waals surface area (Å²) in [4.78, 5) is 11.9. The lowest BCUT2D eigenvalue weighted by molar-refractivity contribution is -0.122. The Bertz CT molecular complexity index is 794. The lowest BCUT2D eigenvalue weighted by Crippen LogP contribution is -2.32. The Morgan fingerprint density at radius 2 is 2.00 bits per heavy atom. The van der Waals surface area contributed by atoms with Gasteiger partial charge < -0.3 is 10.1 Å². The predicted molar refractivity (Wildman–Crippen MR) is 93.0 cm³/mol. The zero-order chi connectivity index (χ0) is 17.2. The minimum Gasteiger partial charge on any atom is -0.497 e. The van der Waals surface area contributed by atoms with E-state index in [1.54, 1.807) is 48.9 Å². The summed E-state index contributed by atoms with van der Waals surface area (Å²) < 4.78 is 31.4. The molecule has 0 bridgehead atoms. The molecule has 1 aliphatic carbocycles. The van der Waals surface area contributed by atoms with Gasteiger partial charge >= 0.3 is 0 Å². The fourth-order valence-electron chi connectivity index (χ4n) is 2.47. The fourth-order valence-corrected chi connectivity index (χ4v) is 5.34. The van der Waals surface area contributed by atoms with Gasteiger partial charge in [0.15, 0.2) is 9.84 Å². The van der Waals surface area contributed by atoms with Gasteiger partial charge in [-0.15, -0.1) is 11.3 Å². The second-order valence-corrected chi connectivity index (χ2v) is 9.06. The van der Waals surface area contributed by atoms with Crippen LogP contribution in [-0.4, -0.2) is 28.0 Å². The monoisotopic (exact) mass is 365 g/mol. The van der Waals surface area contributed by atoms with Gasteiger partial charge in [0.05, 0.1) is 7.11 Å². The fraction of sp³-hybridized carbons (Fsp3) is 0.353. The maximum Gasteiger partial charge on any atom is 0.223 e. The van der Waals surface area contributed by atoms with Crippen molar-refractivity contribution in [2.45, 2.75) is 22.3 Å². The maximum absolute atomic E-state index is 13.0. The van der Waals surface area contributed by atoms with E-state index in [1.807, 2.05) is 0 Å².